The molecule has 5 fully saturated rings. The number of methoxy groups -OCH3 is 1. The van der Waals surface area contributed by atoms with Gasteiger partial charge in [0.15, 0.2) is 34.9 Å². The van der Waals surface area contributed by atoms with Gasteiger partial charge in [-0.3, -0.25) is 14.5 Å². The lowest BCUT2D eigenvalue weighted by molar-refractivity contribution is -0.188. The fourth-order valence-electron chi connectivity index (χ4n) is 9.33. The van der Waals surface area contributed by atoms with Crippen LogP contribution < -0.4 is 19.5 Å². The minimum Gasteiger partial charge on any atom is -0.504 e. The summed E-state index contributed by atoms with van der Waals surface area (Å²) in [6.07, 6.45) is 9.93. The van der Waals surface area contributed by atoms with E-state index in [0.29, 0.717) is 37.7 Å². The fraction of sp³-hybridized carbons (Fsp3) is 0.611. The monoisotopic (exact) mass is 616 g/mol. The Bertz CT molecular complexity index is 1520. The highest BCUT2D eigenvalue weighted by Gasteiger charge is 2.73. The van der Waals surface area contributed by atoms with Crippen molar-refractivity contribution in [3.05, 3.63) is 47.0 Å². The van der Waals surface area contributed by atoms with E-state index in [2.05, 4.69) is 10.2 Å². The summed E-state index contributed by atoms with van der Waals surface area (Å²) in [4.78, 5) is 26.5. The third-order valence-electron chi connectivity index (χ3n) is 11.8. The van der Waals surface area contributed by atoms with Gasteiger partial charge in [-0.25, -0.2) is 0 Å². The van der Waals surface area contributed by atoms with E-state index in [1.165, 1.54) is 25.7 Å². The number of hydrogen-bond acceptors (Lipinski definition) is 8. The van der Waals surface area contributed by atoms with Crippen LogP contribution >= 0.6 is 0 Å². The van der Waals surface area contributed by atoms with Crippen LogP contribution in [0.15, 0.2) is 30.3 Å². The number of amides is 1. The van der Waals surface area contributed by atoms with Gasteiger partial charge >= 0.3 is 0 Å². The van der Waals surface area contributed by atoms with Crippen molar-refractivity contribution in [1.82, 2.24) is 10.2 Å². The molecule has 0 radical (unpaired) electrons. The predicted octanol–water partition coefficient (Wildman–Crippen LogP) is 4.15. The largest absolute Gasteiger partial charge is 0.504 e. The molecule has 5 atom stereocenters. The van der Waals surface area contributed by atoms with E-state index in [4.69, 9.17) is 14.2 Å². The van der Waals surface area contributed by atoms with Gasteiger partial charge in [0, 0.05) is 43.5 Å². The molecule has 240 valence electrons. The summed E-state index contributed by atoms with van der Waals surface area (Å²) in [6, 6.07) is 9.71. The molecule has 3 heterocycles. The molecular formula is C36H44N2O7. The Morgan fingerprint density at radius 1 is 1.04 bits per heavy atom. The number of piperidine rings is 1. The number of aromatic hydroxyl groups is 1. The molecular weight excluding hydrogens is 572 g/mol. The third-order valence-corrected chi connectivity index (χ3v) is 11.8. The van der Waals surface area contributed by atoms with E-state index in [-0.39, 0.29) is 29.4 Å². The normalized spacial score (nSPS) is 33.2. The summed E-state index contributed by atoms with van der Waals surface area (Å²) in [6.45, 7) is 2.67. The van der Waals surface area contributed by atoms with Crippen molar-refractivity contribution >= 4 is 11.7 Å². The Morgan fingerprint density at radius 2 is 1.87 bits per heavy atom. The first-order valence-corrected chi connectivity index (χ1v) is 16.9. The van der Waals surface area contributed by atoms with E-state index in [9.17, 15) is 19.8 Å². The van der Waals surface area contributed by atoms with Crippen LogP contribution in [0.2, 0.25) is 0 Å². The Balaban J connectivity index is 0.000000138. The Morgan fingerprint density at radius 3 is 2.60 bits per heavy atom. The zero-order valence-corrected chi connectivity index (χ0v) is 26.1. The molecule has 0 aromatic heterocycles. The predicted molar refractivity (Wildman–Crippen MR) is 166 cm³/mol. The average molecular weight is 617 g/mol. The third kappa shape index (κ3) is 4.63. The molecule has 9 heteroatoms. The standard InChI is InChI=1S/C20H23NO4.C16H21NO3/c22-13-4-3-12-9-15-20(24)6-5-14(23)18-19(20,16(12)17(13)25-18)7-8-21(15)10-11-1-2-11;1-19-14-7-6-11(12-9-16(18)17-10-12)8-15(14)20-13-4-2-3-5-13/h3-4,11,15,18,22,24H,1-2,5-10H2;6-8,12-13H,2-5,9-10H2,1H3,(H,17,18)/t15-,18+,19+,20-;/m1./s1. The topological polar surface area (TPSA) is 118 Å². The van der Waals surface area contributed by atoms with Gasteiger partial charge in [-0.2, -0.15) is 0 Å². The smallest absolute Gasteiger partial charge is 0.220 e. The zero-order chi connectivity index (χ0) is 30.9. The van der Waals surface area contributed by atoms with Crippen molar-refractivity contribution in [3.8, 4) is 23.0 Å². The maximum Gasteiger partial charge on any atom is 0.220 e. The molecule has 2 saturated heterocycles. The van der Waals surface area contributed by atoms with E-state index in [1.54, 1.807) is 13.2 Å². The van der Waals surface area contributed by atoms with Crippen LogP contribution in [0, 0.1) is 5.92 Å². The molecule has 1 amide bonds. The SMILES string of the molecule is COc1ccc(C2CNC(=O)C2)cc1OC1CCCC1.O=C1CC[C@@]2(O)[C@H]3Cc4ccc(O)c5c4[C@@]2(CCN3CC2CC2)[C@H]1O5. The summed E-state index contributed by atoms with van der Waals surface area (Å²) >= 11 is 0. The number of carbonyl (C=O) groups is 2. The van der Waals surface area contributed by atoms with Gasteiger partial charge in [0.25, 0.3) is 0 Å². The molecule has 45 heavy (non-hydrogen) atoms. The molecule has 9 rings (SSSR count). The van der Waals surface area contributed by atoms with Crippen LogP contribution in [-0.2, 0) is 21.4 Å². The molecule has 1 spiro atoms. The number of phenolic OH excluding ortho intramolecular Hbond substituents is 1. The molecule has 9 nitrogen and oxygen atoms in total. The van der Waals surface area contributed by atoms with Crippen LogP contribution in [-0.4, -0.2) is 77.4 Å². The lowest BCUT2D eigenvalue weighted by Gasteiger charge is -2.62. The molecule has 7 aliphatic rings. The van der Waals surface area contributed by atoms with Crippen molar-refractivity contribution in [2.45, 2.75) is 106 Å². The number of rotatable bonds is 6. The Kier molecular flexibility index (Phi) is 7.06. The highest BCUT2D eigenvalue weighted by Crippen LogP contribution is 2.65. The summed E-state index contributed by atoms with van der Waals surface area (Å²) < 4.78 is 17.5. The van der Waals surface area contributed by atoms with Crippen molar-refractivity contribution in [1.29, 1.82) is 0 Å². The van der Waals surface area contributed by atoms with Crippen molar-refractivity contribution in [3.63, 3.8) is 0 Å². The summed E-state index contributed by atoms with van der Waals surface area (Å²) in [5.41, 5.74) is 1.60. The van der Waals surface area contributed by atoms with Crippen LogP contribution in [0.1, 0.15) is 86.8 Å². The Hall–Kier alpha value is -3.30. The van der Waals surface area contributed by atoms with Gasteiger partial charge in [-0.05, 0) is 99.6 Å². The quantitative estimate of drug-likeness (QED) is 0.444. The van der Waals surface area contributed by atoms with Crippen molar-refractivity contribution in [2.75, 3.05) is 26.7 Å². The fourth-order valence-corrected chi connectivity index (χ4v) is 9.33. The maximum atomic E-state index is 12.7. The molecule has 4 aliphatic carbocycles. The number of nitrogens with one attached hydrogen (secondary N) is 1. The number of nitrogens with zero attached hydrogens (tertiary/aromatic N) is 1. The minimum atomic E-state index is -0.940. The molecule has 2 aromatic carbocycles. The number of Topliss-reactive ketones (excluding diaryl/α,β-unsaturated/α-hetero) is 1. The van der Waals surface area contributed by atoms with Crippen LogP contribution in [0.4, 0.5) is 0 Å². The highest BCUT2D eigenvalue weighted by atomic mass is 16.5. The number of benzene rings is 2. The van der Waals surface area contributed by atoms with Crippen molar-refractivity contribution < 1.29 is 34.0 Å². The second kappa shape index (κ2) is 10.9. The van der Waals surface area contributed by atoms with Crippen LogP contribution in [0.5, 0.6) is 23.0 Å². The van der Waals surface area contributed by atoms with Gasteiger partial charge in [-0.15, -0.1) is 0 Å². The number of likely N-dealkylation sites (tertiary alicyclic amines) is 1. The number of ether oxygens (including phenoxy) is 3. The number of carbonyl (C=O) groups excluding carboxylic acids is 2. The van der Waals surface area contributed by atoms with E-state index in [1.807, 2.05) is 24.3 Å². The highest BCUT2D eigenvalue weighted by molar-refractivity contribution is 5.90. The van der Waals surface area contributed by atoms with Crippen molar-refractivity contribution in [2.24, 2.45) is 5.92 Å². The first kappa shape index (κ1) is 29.1. The first-order valence-electron chi connectivity index (χ1n) is 16.9. The van der Waals surface area contributed by atoms with Gasteiger partial charge < -0.3 is 29.7 Å². The summed E-state index contributed by atoms with van der Waals surface area (Å²) in [7, 11) is 1.66. The van der Waals surface area contributed by atoms with Crippen LogP contribution in [0.25, 0.3) is 0 Å². The number of aliphatic hydroxyl groups is 1. The summed E-state index contributed by atoms with van der Waals surface area (Å²) in [5, 5.41) is 25.2. The van der Waals surface area contributed by atoms with Gasteiger partial charge in [0.2, 0.25) is 5.91 Å². The second-order valence-electron chi connectivity index (χ2n) is 14.4. The lowest BCUT2D eigenvalue weighted by Crippen LogP contribution is -2.76. The van der Waals surface area contributed by atoms with Crippen LogP contribution in [0.3, 0.4) is 0 Å². The average Bonchev–Trinajstić information content (AvgIpc) is 3.36. The van der Waals surface area contributed by atoms with E-state index < -0.39 is 17.1 Å². The van der Waals surface area contributed by atoms with E-state index >= 15 is 0 Å². The maximum absolute atomic E-state index is 12.7. The molecule has 3 saturated carbocycles. The minimum absolute atomic E-state index is 0.0454. The van der Waals surface area contributed by atoms with Gasteiger partial charge in [0.05, 0.1) is 24.2 Å². The Labute approximate surface area is 264 Å². The molecule has 1 unspecified atom stereocenters. The van der Waals surface area contributed by atoms with Gasteiger partial charge in [0.1, 0.15) is 0 Å². The van der Waals surface area contributed by atoms with Gasteiger partial charge in [-0.1, -0.05) is 12.1 Å². The summed E-state index contributed by atoms with van der Waals surface area (Å²) in [5.74, 6) is 3.36. The zero-order valence-electron chi connectivity index (χ0n) is 26.1. The molecule has 2 aromatic rings. The lowest BCUT2D eigenvalue weighted by atomic mass is 9.49. The molecule has 2 bridgehead atoms. The first-order chi connectivity index (χ1) is 21.8. The van der Waals surface area contributed by atoms with E-state index in [0.717, 1.165) is 72.9 Å². The molecule has 3 aliphatic heterocycles. The number of hydrogen-bond donors (Lipinski definition) is 3. The number of phenols is 1. The second-order valence-corrected chi connectivity index (χ2v) is 14.4. The number of ketones is 1. The molecule has 3 N–H and O–H groups in total.